The predicted molar refractivity (Wildman–Crippen MR) is 130 cm³/mol. The van der Waals surface area contributed by atoms with Crippen molar-refractivity contribution in [2.45, 2.75) is 136 Å². The maximum absolute atomic E-state index is 14.5. The summed E-state index contributed by atoms with van der Waals surface area (Å²) in [6, 6.07) is -1.08. The molecule has 1 aliphatic rings. The topological polar surface area (TPSA) is 104 Å². The second-order valence-electron chi connectivity index (χ2n) is 10.7. The maximum Gasteiger partial charge on any atom is 0.238 e. The van der Waals surface area contributed by atoms with Crippen LogP contribution in [-0.2, 0) is 9.59 Å². The number of rotatable bonds is 12. The molecule has 1 aliphatic carbocycles. The molecule has 0 aliphatic heterocycles. The first-order chi connectivity index (χ1) is 14.8. The smallest absolute Gasteiger partial charge is 0.238 e. The second-order valence-corrected chi connectivity index (χ2v) is 10.7. The van der Waals surface area contributed by atoms with E-state index in [2.05, 4.69) is 0 Å². The first kappa shape index (κ1) is 28.9. The van der Waals surface area contributed by atoms with Crippen molar-refractivity contribution in [2.24, 2.45) is 23.0 Å². The fraction of sp³-hybridized carbons (Fsp3) is 0.923. The van der Waals surface area contributed by atoms with Gasteiger partial charge in [0.1, 0.15) is 5.41 Å². The molecule has 6 heteroatoms. The van der Waals surface area contributed by atoms with Crippen LogP contribution in [0.4, 0.5) is 0 Å². The minimum absolute atomic E-state index is 0.0726. The molecular formula is C26H50N2O4. The summed E-state index contributed by atoms with van der Waals surface area (Å²) < 4.78 is 0. The zero-order chi connectivity index (χ0) is 24.9. The fourth-order valence-corrected chi connectivity index (χ4v) is 6.13. The van der Waals surface area contributed by atoms with Crippen LogP contribution in [0.5, 0.6) is 0 Å². The Bertz CT molecular complexity index is 587. The van der Waals surface area contributed by atoms with Gasteiger partial charge in [0.05, 0.1) is 23.3 Å². The van der Waals surface area contributed by atoms with Crippen LogP contribution in [0, 0.1) is 17.3 Å². The SMILES string of the molecule is CCC(O)(CC)[C@@H](C(C)C)N(C(=O)C1(C(N)=O)CCCCC1)[C@H](C(C)C)C(O)(CC)CC. The van der Waals surface area contributed by atoms with Crippen LogP contribution in [0.2, 0.25) is 0 Å². The molecule has 0 aromatic carbocycles. The minimum atomic E-state index is -1.27. The van der Waals surface area contributed by atoms with Crippen molar-refractivity contribution in [3.05, 3.63) is 0 Å². The van der Waals surface area contributed by atoms with E-state index in [1.807, 2.05) is 55.4 Å². The van der Waals surface area contributed by atoms with Crippen molar-refractivity contribution < 1.29 is 19.8 Å². The van der Waals surface area contributed by atoms with E-state index < -0.39 is 34.6 Å². The molecule has 1 saturated carbocycles. The lowest BCUT2D eigenvalue weighted by Crippen LogP contribution is -2.69. The molecule has 0 bridgehead atoms. The van der Waals surface area contributed by atoms with Crippen molar-refractivity contribution in [1.82, 2.24) is 4.90 Å². The molecule has 0 unspecified atom stereocenters. The van der Waals surface area contributed by atoms with Crippen LogP contribution in [-0.4, -0.2) is 50.2 Å². The molecule has 1 rings (SSSR count). The van der Waals surface area contributed by atoms with Gasteiger partial charge in [0, 0.05) is 0 Å². The minimum Gasteiger partial charge on any atom is -0.388 e. The lowest BCUT2D eigenvalue weighted by Gasteiger charge is -2.55. The molecule has 4 N–H and O–H groups in total. The highest BCUT2D eigenvalue weighted by Gasteiger charge is 2.56. The lowest BCUT2D eigenvalue weighted by atomic mass is 9.69. The van der Waals surface area contributed by atoms with Gasteiger partial charge in [0.25, 0.3) is 0 Å². The van der Waals surface area contributed by atoms with Crippen molar-refractivity contribution >= 4 is 11.8 Å². The number of carbonyl (C=O) groups is 2. The molecule has 0 radical (unpaired) electrons. The summed E-state index contributed by atoms with van der Waals surface area (Å²) in [6.07, 6.45) is 5.29. The van der Waals surface area contributed by atoms with E-state index in [1.54, 1.807) is 4.90 Å². The first-order valence-corrected chi connectivity index (χ1v) is 12.9. The Morgan fingerprint density at radius 3 is 1.41 bits per heavy atom. The third-order valence-corrected chi connectivity index (χ3v) is 8.24. The highest BCUT2D eigenvalue weighted by Crippen LogP contribution is 2.44. The Kier molecular flexibility index (Phi) is 10.2. The summed E-state index contributed by atoms with van der Waals surface area (Å²) in [7, 11) is 0. The Labute approximate surface area is 196 Å². The van der Waals surface area contributed by atoms with Crippen molar-refractivity contribution in [3.8, 4) is 0 Å². The van der Waals surface area contributed by atoms with Gasteiger partial charge in [-0.1, -0.05) is 74.7 Å². The van der Waals surface area contributed by atoms with Gasteiger partial charge in [0.2, 0.25) is 11.8 Å². The van der Waals surface area contributed by atoms with Gasteiger partial charge in [-0.2, -0.15) is 0 Å². The molecule has 188 valence electrons. The molecule has 0 aromatic rings. The van der Waals surface area contributed by atoms with E-state index in [-0.39, 0.29) is 17.7 Å². The third-order valence-electron chi connectivity index (χ3n) is 8.24. The second kappa shape index (κ2) is 11.3. The third kappa shape index (κ3) is 5.32. The number of aliphatic hydroxyl groups is 2. The van der Waals surface area contributed by atoms with Gasteiger partial charge < -0.3 is 20.8 Å². The van der Waals surface area contributed by atoms with Gasteiger partial charge >= 0.3 is 0 Å². The number of hydrogen-bond donors (Lipinski definition) is 3. The molecule has 0 saturated heterocycles. The number of amides is 2. The van der Waals surface area contributed by atoms with Crippen molar-refractivity contribution in [2.75, 3.05) is 0 Å². The highest BCUT2D eigenvalue weighted by molar-refractivity contribution is 6.04. The normalized spacial score (nSPS) is 19.1. The average molecular weight is 455 g/mol. The Morgan fingerprint density at radius 1 is 0.812 bits per heavy atom. The van der Waals surface area contributed by atoms with Gasteiger partial charge in [0.15, 0.2) is 0 Å². The van der Waals surface area contributed by atoms with Gasteiger partial charge in [-0.3, -0.25) is 9.59 Å². The van der Waals surface area contributed by atoms with Crippen LogP contribution in [0.15, 0.2) is 0 Å². The molecule has 2 atom stereocenters. The lowest BCUT2D eigenvalue weighted by molar-refractivity contribution is -0.181. The molecule has 0 spiro atoms. The fourth-order valence-electron chi connectivity index (χ4n) is 6.13. The molecule has 2 amide bonds. The first-order valence-electron chi connectivity index (χ1n) is 12.9. The zero-order valence-corrected chi connectivity index (χ0v) is 21.9. The summed E-state index contributed by atoms with van der Waals surface area (Å²) in [4.78, 5) is 29.1. The quantitative estimate of drug-likeness (QED) is 0.380. The highest BCUT2D eigenvalue weighted by atomic mass is 16.3. The molecular weight excluding hydrogens is 404 g/mol. The van der Waals surface area contributed by atoms with E-state index >= 15 is 0 Å². The van der Waals surface area contributed by atoms with Crippen LogP contribution >= 0.6 is 0 Å². The van der Waals surface area contributed by atoms with E-state index in [0.29, 0.717) is 38.5 Å². The Morgan fingerprint density at radius 2 is 1.16 bits per heavy atom. The average Bonchev–Trinajstić information content (AvgIpc) is 2.77. The monoisotopic (exact) mass is 454 g/mol. The van der Waals surface area contributed by atoms with Gasteiger partial charge in [-0.15, -0.1) is 0 Å². The van der Waals surface area contributed by atoms with Crippen molar-refractivity contribution in [3.63, 3.8) is 0 Å². The zero-order valence-electron chi connectivity index (χ0n) is 21.9. The van der Waals surface area contributed by atoms with Gasteiger partial charge in [-0.05, 0) is 50.4 Å². The molecule has 1 fully saturated rings. The maximum atomic E-state index is 14.5. The van der Waals surface area contributed by atoms with Gasteiger partial charge in [-0.25, -0.2) is 0 Å². The molecule has 0 aromatic heterocycles. The molecule has 6 nitrogen and oxygen atoms in total. The van der Waals surface area contributed by atoms with E-state index in [4.69, 9.17) is 5.73 Å². The number of hydrogen-bond acceptors (Lipinski definition) is 4. The Hall–Kier alpha value is -1.14. The predicted octanol–water partition coefficient (Wildman–Crippen LogP) is 4.40. The summed E-state index contributed by atoms with van der Waals surface area (Å²) in [6.45, 7) is 15.8. The van der Waals surface area contributed by atoms with Crippen LogP contribution in [0.3, 0.4) is 0 Å². The van der Waals surface area contributed by atoms with E-state index in [9.17, 15) is 19.8 Å². The van der Waals surface area contributed by atoms with Crippen LogP contribution in [0.1, 0.15) is 113 Å². The largest absolute Gasteiger partial charge is 0.388 e. The number of nitrogens with zero attached hydrogens (tertiary/aromatic N) is 1. The summed E-state index contributed by atoms with van der Waals surface area (Å²) >= 11 is 0. The standard InChI is InChI=1S/C26H50N2O4/c1-9-25(31,10-2)20(18(5)6)28(21(19(7)8)26(32,11-3)12-4)23(30)24(22(27)29)16-14-13-15-17-24/h18-21,31-32H,9-17H2,1-8H3,(H2,27,29)/t20-,21-/m1/s1. The van der Waals surface area contributed by atoms with Crippen LogP contribution in [0.25, 0.3) is 0 Å². The number of primary amides is 1. The van der Waals surface area contributed by atoms with E-state index in [0.717, 1.165) is 19.3 Å². The summed E-state index contributed by atoms with van der Waals surface area (Å²) in [5.41, 5.74) is 2.39. The van der Waals surface area contributed by atoms with E-state index in [1.165, 1.54) is 0 Å². The van der Waals surface area contributed by atoms with Crippen LogP contribution < -0.4 is 5.73 Å². The van der Waals surface area contributed by atoms with Crippen molar-refractivity contribution in [1.29, 1.82) is 0 Å². The summed E-state index contributed by atoms with van der Waals surface area (Å²) in [5.74, 6) is -1.03. The molecule has 32 heavy (non-hydrogen) atoms. The Balaban J connectivity index is 3.90. The number of carbonyl (C=O) groups excluding carboxylic acids is 2. The molecule has 0 heterocycles. The summed E-state index contributed by atoms with van der Waals surface area (Å²) in [5, 5.41) is 23.5. The number of nitrogens with two attached hydrogens (primary N) is 1.